The lowest BCUT2D eigenvalue weighted by Crippen LogP contribution is -2.14. The van der Waals surface area contributed by atoms with Crippen LogP contribution in [0.3, 0.4) is 0 Å². The van der Waals surface area contributed by atoms with E-state index in [1.165, 1.54) is 6.92 Å². The number of aryl methyl sites for hydroxylation is 1. The van der Waals surface area contributed by atoms with Crippen molar-refractivity contribution in [1.29, 1.82) is 0 Å². The van der Waals surface area contributed by atoms with Gasteiger partial charge in [-0.1, -0.05) is 11.3 Å². The third-order valence-corrected chi connectivity index (χ3v) is 5.84. The first-order chi connectivity index (χ1) is 9.20. The molecule has 0 bridgehead atoms. The standard InChI is InChI=1S/C10H8BrF2N3O2S2/c1-4-9(19-10(14)15-4)20(17,18)16-8-2-5(11)6(12)3-7(8)13/h2-3,16H,1H3,(H2,14,15). The summed E-state index contributed by atoms with van der Waals surface area (Å²) in [5.41, 5.74) is 5.27. The molecule has 3 N–H and O–H groups in total. The molecule has 1 aromatic carbocycles. The van der Waals surface area contributed by atoms with E-state index in [2.05, 4.69) is 20.9 Å². The van der Waals surface area contributed by atoms with Gasteiger partial charge in [-0.15, -0.1) is 0 Å². The lowest BCUT2D eigenvalue weighted by molar-refractivity contribution is 0.579. The maximum Gasteiger partial charge on any atom is 0.273 e. The molecule has 1 heterocycles. The van der Waals surface area contributed by atoms with Gasteiger partial charge in [0, 0.05) is 6.07 Å². The SMILES string of the molecule is Cc1nc(N)sc1S(=O)(=O)Nc1cc(Br)c(F)cc1F. The second-order valence-electron chi connectivity index (χ2n) is 3.78. The van der Waals surface area contributed by atoms with Gasteiger partial charge in [0.05, 0.1) is 15.9 Å². The van der Waals surface area contributed by atoms with Crippen molar-refractivity contribution in [3.63, 3.8) is 0 Å². The molecule has 108 valence electrons. The summed E-state index contributed by atoms with van der Waals surface area (Å²) in [6.45, 7) is 1.47. The summed E-state index contributed by atoms with van der Waals surface area (Å²) in [5, 5.41) is 0.0867. The summed E-state index contributed by atoms with van der Waals surface area (Å²) in [6.07, 6.45) is 0. The minimum atomic E-state index is -4.03. The Labute approximate surface area is 126 Å². The molecule has 0 radical (unpaired) electrons. The van der Waals surface area contributed by atoms with E-state index in [-0.39, 0.29) is 25.2 Å². The van der Waals surface area contributed by atoms with E-state index < -0.39 is 21.7 Å². The quantitative estimate of drug-likeness (QED) is 0.797. The number of thiazole rings is 1. The fourth-order valence-corrected chi connectivity index (χ4v) is 4.15. The number of benzene rings is 1. The second-order valence-corrected chi connectivity index (χ2v) is 7.54. The number of halogens is 3. The Kier molecular flexibility index (Phi) is 3.98. The Morgan fingerprint density at radius 1 is 1.35 bits per heavy atom. The van der Waals surface area contributed by atoms with Gasteiger partial charge >= 0.3 is 0 Å². The molecule has 2 rings (SSSR count). The minimum Gasteiger partial charge on any atom is -0.375 e. The van der Waals surface area contributed by atoms with Gasteiger partial charge in [-0.05, 0) is 28.9 Å². The molecule has 0 saturated carbocycles. The first-order valence-corrected chi connectivity index (χ1v) is 8.20. The van der Waals surface area contributed by atoms with Gasteiger partial charge in [-0.3, -0.25) is 4.72 Å². The highest BCUT2D eigenvalue weighted by molar-refractivity contribution is 9.10. The molecule has 10 heteroatoms. The molecule has 1 aromatic heterocycles. The highest BCUT2D eigenvalue weighted by Gasteiger charge is 2.23. The molecular weight excluding hydrogens is 376 g/mol. The van der Waals surface area contributed by atoms with Crippen LogP contribution >= 0.6 is 27.3 Å². The summed E-state index contributed by atoms with van der Waals surface area (Å²) in [5.74, 6) is -1.85. The molecule has 2 aromatic rings. The summed E-state index contributed by atoms with van der Waals surface area (Å²) in [7, 11) is -4.03. The average molecular weight is 384 g/mol. The zero-order valence-electron chi connectivity index (χ0n) is 9.95. The van der Waals surface area contributed by atoms with Gasteiger partial charge in [0.2, 0.25) is 0 Å². The third kappa shape index (κ3) is 2.91. The van der Waals surface area contributed by atoms with Gasteiger partial charge in [-0.2, -0.15) is 0 Å². The molecule has 0 fully saturated rings. The van der Waals surface area contributed by atoms with Crippen molar-refractivity contribution in [2.75, 3.05) is 10.5 Å². The molecule has 0 spiro atoms. The smallest absolute Gasteiger partial charge is 0.273 e. The zero-order valence-corrected chi connectivity index (χ0v) is 13.2. The van der Waals surface area contributed by atoms with Crippen LogP contribution in [0.5, 0.6) is 0 Å². The average Bonchev–Trinajstić information content (AvgIpc) is 2.66. The predicted molar refractivity (Wildman–Crippen MR) is 76.1 cm³/mol. The topological polar surface area (TPSA) is 85.1 Å². The number of anilines is 2. The molecule has 0 saturated heterocycles. The summed E-state index contributed by atoms with van der Waals surface area (Å²) >= 11 is 3.62. The predicted octanol–water partition coefficient (Wildman–Crippen LogP) is 2.88. The van der Waals surface area contributed by atoms with E-state index >= 15 is 0 Å². The van der Waals surface area contributed by atoms with Crippen LogP contribution in [0.1, 0.15) is 5.69 Å². The first-order valence-electron chi connectivity index (χ1n) is 5.11. The molecule has 0 amide bonds. The lowest BCUT2D eigenvalue weighted by atomic mass is 10.3. The van der Waals surface area contributed by atoms with Crippen LogP contribution in [0.4, 0.5) is 19.6 Å². The number of nitrogens with one attached hydrogen (secondary N) is 1. The van der Waals surface area contributed by atoms with E-state index in [4.69, 9.17) is 5.73 Å². The number of rotatable bonds is 3. The highest BCUT2D eigenvalue weighted by atomic mass is 79.9. The summed E-state index contributed by atoms with van der Waals surface area (Å²) < 4.78 is 52.7. The zero-order chi connectivity index (χ0) is 15.1. The van der Waals surface area contributed by atoms with Crippen molar-refractivity contribution in [1.82, 2.24) is 4.98 Å². The van der Waals surface area contributed by atoms with E-state index in [9.17, 15) is 17.2 Å². The van der Waals surface area contributed by atoms with Crippen LogP contribution in [0.25, 0.3) is 0 Å². The van der Waals surface area contributed by atoms with Gasteiger partial charge in [0.25, 0.3) is 10.0 Å². The molecule has 0 atom stereocenters. The Morgan fingerprint density at radius 3 is 2.55 bits per heavy atom. The molecule has 20 heavy (non-hydrogen) atoms. The van der Waals surface area contributed by atoms with Gasteiger partial charge < -0.3 is 5.73 Å². The Hall–Kier alpha value is -1.26. The highest BCUT2D eigenvalue weighted by Crippen LogP contribution is 2.29. The molecule has 0 unspecified atom stereocenters. The fraction of sp³-hybridized carbons (Fsp3) is 0.100. The van der Waals surface area contributed by atoms with Crippen LogP contribution < -0.4 is 10.5 Å². The number of hydrogen-bond donors (Lipinski definition) is 2. The normalized spacial score (nSPS) is 11.6. The van der Waals surface area contributed by atoms with Crippen molar-refractivity contribution in [3.05, 3.63) is 33.9 Å². The second kappa shape index (κ2) is 5.26. The van der Waals surface area contributed by atoms with E-state index in [0.29, 0.717) is 6.07 Å². The van der Waals surface area contributed by atoms with Crippen LogP contribution in [0, 0.1) is 18.6 Å². The molecule has 5 nitrogen and oxygen atoms in total. The maximum absolute atomic E-state index is 13.6. The fourth-order valence-electron chi connectivity index (χ4n) is 1.44. The maximum atomic E-state index is 13.6. The third-order valence-electron chi connectivity index (χ3n) is 2.27. The van der Waals surface area contributed by atoms with Crippen molar-refractivity contribution in [3.8, 4) is 0 Å². The van der Waals surface area contributed by atoms with Crippen molar-refractivity contribution >= 4 is 48.1 Å². The number of nitrogens with two attached hydrogens (primary N) is 1. The van der Waals surface area contributed by atoms with E-state index in [0.717, 1.165) is 17.4 Å². The monoisotopic (exact) mass is 383 g/mol. The lowest BCUT2D eigenvalue weighted by Gasteiger charge is -2.08. The molecule has 0 aliphatic heterocycles. The van der Waals surface area contributed by atoms with Crippen molar-refractivity contribution < 1.29 is 17.2 Å². The minimum absolute atomic E-state index is 0.0582. The van der Waals surface area contributed by atoms with Crippen molar-refractivity contribution in [2.24, 2.45) is 0 Å². The first kappa shape index (κ1) is 15.1. The van der Waals surface area contributed by atoms with Crippen molar-refractivity contribution in [2.45, 2.75) is 11.1 Å². The van der Waals surface area contributed by atoms with Gasteiger partial charge in [-0.25, -0.2) is 22.2 Å². The Balaban J connectivity index is 2.43. The molecular formula is C10H8BrF2N3O2S2. The van der Waals surface area contributed by atoms with Crippen LogP contribution in [-0.4, -0.2) is 13.4 Å². The summed E-state index contributed by atoms with van der Waals surface area (Å²) in [6, 6.07) is 1.58. The number of sulfonamides is 1. The number of nitrogens with zero attached hydrogens (tertiary/aromatic N) is 1. The van der Waals surface area contributed by atoms with Gasteiger partial charge in [0.1, 0.15) is 11.6 Å². The number of nitrogen functional groups attached to an aromatic ring is 1. The summed E-state index contributed by atoms with van der Waals surface area (Å²) in [4.78, 5) is 3.79. The Bertz CT molecular complexity index is 777. The number of hydrogen-bond acceptors (Lipinski definition) is 5. The van der Waals surface area contributed by atoms with Crippen LogP contribution in [0.15, 0.2) is 20.8 Å². The van der Waals surface area contributed by atoms with E-state index in [1.54, 1.807) is 0 Å². The Morgan fingerprint density at radius 2 is 2.00 bits per heavy atom. The van der Waals surface area contributed by atoms with Crippen LogP contribution in [-0.2, 0) is 10.0 Å². The van der Waals surface area contributed by atoms with Crippen LogP contribution in [0.2, 0.25) is 0 Å². The molecule has 0 aliphatic carbocycles. The van der Waals surface area contributed by atoms with E-state index in [1.807, 2.05) is 4.72 Å². The number of aromatic nitrogens is 1. The molecule has 0 aliphatic rings. The van der Waals surface area contributed by atoms with Gasteiger partial charge in [0.15, 0.2) is 9.34 Å². The largest absolute Gasteiger partial charge is 0.375 e.